The third-order valence-corrected chi connectivity index (χ3v) is 4.34. The van der Waals surface area contributed by atoms with Gasteiger partial charge in [0.1, 0.15) is 0 Å². The SMILES string of the molecule is CCC(CSC)NC(=O)C1CCCC(C(=O)O)C1. The monoisotopic (exact) mass is 273 g/mol. The van der Waals surface area contributed by atoms with Crippen LogP contribution in [-0.2, 0) is 9.59 Å². The molecule has 104 valence electrons. The zero-order valence-corrected chi connectivity index (χ0v) is 12.0. The van der Waals surface area contributed by atoms with E-state index < -0.39 is 5.97 Å². The summed E-state index contributed by atoms with van der Waals surface area (Å²) >= 11 is 1.72. The first-order chi connectivity index (χ1) is 8.58. The van der Waals surface area contributed by atoms with Crippen molar-refractivity contribution in [2.75, 3.05) is 12.0 Å². The molecule has 5 heteroatoms. The molecule has 1 amide bonds. The van der Waals surface area contributed by atoms with Gasteiger partial charge in [-0.1, -0.05) is 13.3 Å². The summed E-state index contributed by atoms with van der Waals surface area (Å²) < 4.78 is 0. The van der Waals surface area contributed by atoms with Crippen molar-refractivity contribution in [3.05, 3.63) is 0 Å². The van der Waals surface area contributed by atoms with Gasteiger partial charge >= 0.3 is 5.97 Å². The summed E-state index contributed by atoms with van der Waals surface area (Å²) in [5.41, 5.74) is 0. The van der Waals surface area contributed by atoms with Crippen LogP contribution < -0.4 is 5.32 Å². The van der Waals surface area contributed by atoms with E-state index in [1.165, 1.54) is 0 Å². The van der Waals surface area contributed by atoms with Gasteiger partial charge < -0.3 is 10.4 Å². The van der Waals surface area contributed by atoms with E-state index in [0.717, 1.165) is 25.0 Å². The third kappa shape index (κ3) is 4.52. The van der Waals surface area contributed by atoms with Crippen molar-refractivity contribution in [1.82, 2.24) is 5.32 Å². The molecule has 0 spiro atoms. The van der Waals surface area contributed by atoms with E-state index in [-0.39, 0.29) is 23.8 Å². The van der Waals surface area contributed by atoms with Gasteiger partial charge in [-0.05, 0) is 31.9 Å². The standard InChI is InChI=1S/C13H23NO3S/c1-3-11(8-18-2)14-12(15)9-5-4-6-10(7-9)13(16)17/h9-11H,3-8H2,1-2H3,(H,14,15)(H,16,17). The minimum absolute atomic E-state index is 0.0434. The van der Waals surface area contributed by atoms with E-state index in [1.54, 1.807) is 11.8 Å². The normalized spacial score (nSPS) is 25.4. The summed E-state index contributed by atoms with van der Waals surface area (Å²) in [5.74, 6) is -0.256. The Morgan fingerprint density at radius 1 is 1.39 bits per heavy atom. The highest BCUT2D eigenvalue weighted by Gasteiger charge is 2.31. The molecule has 1 fully saturated rings. The smallest absolute Gasteiger partial charge is 0.306 e. The van der Waals surface area contributed by atoms with Gasteiger partial charge in [-0.25, -0.2) is 0 Å². The number of aliphatic carboxylic acids is 1. The van der Waals surface area contributed by atoms with E-state index in [1.807, 2.05) is 6.26 Å². The Morgan fingerprint density at radius 3 is 2.61 bits per heavy atom. The highest BCUT2D eigenvalue weighted by molar-refractivity contribution is 7.98. The van der Waals surface area contributed by atoms with Gasteiger partial charge in [-0.15, -0.1) is 0 Å². The van der Waals surface area contributed by atoms with Crippen molar-refractivity contribution in [3.8, 4) is 0 Å². The minimum atomic E-state index is -0.761. The lowest BCUT2D eigenvalue weighted by atomic mass is 9.81. The molecule has 0 heterocycles. The highest BCUT2D eigenvalue weighted by Crippen LogP contribution is 2.29. The highest BCUT2D eigenvalue weighted by atomic mass is 32.2. The molecule has 3 unspecified atom stereocenters. The van der Waals surface area contributed by atoms with Crippen LogP contribution >= 0.6 is 11.8 Å². The largest absolute Gasteiger partial charge is 0.481 e. The Bertz CT molecular complexity index is 296. The molecule has 1 aliphatic carbocycles. The lowest BCUT2D eigenvalue weighted by Gasteiger charge is -2.27. The van der Waals surface area contributed by atoms with Gasteiger partial charge in [0.15, 0.2) is 0 Å². The minimum Gasteiger partial charge on any atom is -0.481 e. The number of carboxylic acids is 1. The average Bonchev–Trinajstić information content (AvgIpc) is 2.38. The molecule has 2 N–H and O–H groups in total. The molecule has 4 nitrogen and oxygen atoms in total. The molecule has 0 aliphatic heterocycles. The van der Waals surface area contributed by atoms with E-state index in [2.05, 4.69) is 12.2 Å². The van der Waals surface area contributed by atoms with Crippen LogP contribution in [0, 0.1) is 11.8 Å². The van der Waals surface area contributed by atoms with Gasteiger partial charge in [0.25, 0.3) is 0 Å². The lowest BCUT2D eigenvalue weighted by molar-refractivity contribution is -0.144. The summed E-state index contributed by atoms with van der Waals surface area (Å²) in [5, 5.41) is 12.1. The van der Waals surface area contributed by atoms with Gasteiger partial charge in [-0.3, -0.25) is 9.59 Å². The Hall–Kier alpha value is -0.710. The molecular formula is C13H23NO3S. The average molecular weight is 273 g/mol. The van der Waals surface area contributed by atoms with Gasteiger partial charge in [0.2, 0.25) is 5.91 Å². The molecule has 3 atom stereocenters. The first-order valence-corrected chi connectivity index (χ1v) is 8.00. The number of carbonyl (C=O) groups excluding carboxylic acids is 1. The molecule has 18 heavy (non-hydrogen) atoms. The molecular weight excluding hydrogens is 250 g/mol. The fourth-order valence-electron chi connectivity index (χ4n) is 2.43. The molecule has 1 saturated carbocycles. The number of hydrogen-bond donors (Lipinski definition) is 2. The van der Waals surface area contributed by atoms with Crippen LogP contribution in [0.15, 0.2) is 0 Å². The first-order valence-electron chi connectivity index (χ1n) is 6.60. The zero-order chi connectivity index (χ0) is 13.5. The zero-order valence-electron chi connectivity index (χ0n) is 11.1. The van der Waals surface area contributed by atoms with Crippen LogP contribution in [0.2, 0.25) is 0 Å². The predicted octanol–water partition coefficient (Wildman–Crippen LogP) is 2.14. The Morgan fingerprint density at radius 2 is 2.06 bits per heavy atom. The fourth-order valence-corrected chi connectivity index (χ4v) is 3.16. The number of thioether (sulfide) groups is 1. The molecule has 1 rings (SSSR count). The van der Waals surface area contributed by atoms with Crippen molar-refractivity contribution in [2.24, 2.45) is 11.8 Å². The maximum Gasteiger partial charge on any atom is 0.306 e. The maximum absolute atomic E-state index is 12.1. The molecule has 1 aliphatic rings. The third-order valence-electron chi connectivity index (χ3n) is 3.60. The van der Waals surface area contributed by atoms with E-state index in [4.69, 9.17) is 5.11 Å². The first kappa shape index (κ1) is 15.3. The quantitative estimate of drug-likeness (QED) is 0.778. The molecule has 0 radical (unpaired) electrons. The maximum atomic E-state index is 12.1. The molecule has 0 aromatic rings. The summed E-state index contributed by atoms with van der Waals surface area (Å²) in [6.45, 7) is 2.06. The molecule has 0 bridgehead atoms. The number of amides is 1. The van der Waals surface area contributed by atoms with E-state index in [9.17, 15) is 9.59 Å². The number of carbonyl (C=O) groups is 2. The number of rotatable bonds is 6. The van der Waals surface area contributed by atoms with Crippen molar-refractivity contribution >= 4 is 23.6 Å². The van der Waals surface area contributed by atoms with Gasteiger partial charge in [-0.2, -0.15) is 11.8 Å². The fraction of sp³-hybridized carbons (Fsp3) is 0.846. The summed E-state index contributed by atoms with van der Waals surface area (Å²) in [4.78, 5) is 23.1. The van der Waals surface area contributed by atoms with Crippen molar-refractivity contribution < 1.29 is 14.7 Å². The second-order valence-corrected chi connectivity index (χ2v) is 5.88. The van der Waals surface area contributed by atoms with Crippen LogP contribution in [0.4, 0.5) is 0 Å². The second-order valence-electron chi connectivity index (χ2n) is 4.97. The van der Waals surface area contributed by atoms with Gasteiger partial charge in [0.05, 0.1) is 5.92 Å². The van der Waals surface area contributed by atoms with Crippen molar-refractivity contribution in [2.45, 2.75) is 45.1 Å². The second kappa shape index (κ2) is 7.67. The Labute approximate surface area is 113 Å². The van der Waals surface area contributed by atoms with Crippen LogP contribution in [0.3, 0.4) is 0 Å². The number of hydrogen-bond acceptors (Lipinski definition) is 3. The predicted molar refractivity (Wildman–Crippen MR) is 73.7 cm³/mol. The summed E-state index contributed by atoms with van der Waals surface area (Å²) in [6, 6.07) is 0.206. The number of carboxylic acid groups (broad SMARTS) is 1. The number of nitrogens with one attached hydrogen (secondary N) is 1. The van der Waals surface area contributed by atoms with Crippen LogP contribution in [0.5, 0.6) is 0 Å². The van der Waals surface area contributed by atoms with Crippen LogP contribution in [0.1, 0.15) is 39.0 Å². The molecule has 0 saturated heterocycles. The van der Waals surface area contributed by atoms with Crippen molar-refractivity contribution in [1.29, 1.82) is 0 Å². The molecule has 0 aromatic heterocycles. The summed E-state index contributed by atoms with van der Waals surface area (Å²) in [6.07, 6.45) is 5.81. The lowest BCUT2D eigenvalue weighted by Crippen LogP contribution is -2.42. The Balaban J connectivity index is 2.47. The van der Waals surface area contributed by atoms with Crippen LogP contribution in [-0.4, -0.2) is 35.0 Å². The Kier molecular flexibility index (Phi) is 6.54. The summed E-state index contributed by atoms with van der Waals surface area (Å²) in [7, 11) is 0. The van der Waals surface area contributed by atoms with E-state index in [0.29, 0.717) is 12.8 Å². The van der Waals surface area contributed by atoms with Gasteiger partial charge in [0, 0.05) is 17.7 Å². The molecule has 0 aromatic carbocycles. The van der Waals surface area contributed by atoms with E-state index >= 15 is 0 Å². The van der Waals surface area contributed by atoms with Crippen molar-refractivity contribution in [3.63, 3.8) is 0 Å². The topological polar surface area (TPSA) is 66.4 Å². The van der Waals surface area contributed by atoms with Crippen LogP contribution in [0.25, 0.3) is 0 Å².